The summed E-state index contributed by atoms with van der Waals surface area (Å²) in [4.78, 5) is 12.5. The number of nitrogens with zero attached hydrogens (tertiary/aromatic N) is 3. The summed E-state index contributed by atoms with van der Waals surface area (Å²) in [6, 6.07) is 10.7. The molecule has 118 valence electrons. The van der Waals surface area contributed by atoms with E-state index in [2.05, 4.69) is 26.2 Å². The third-order valence-corrected chi connectivity index (χ3v) is 4.12. The number of aromatic nitrogens is 3. The van der Waals surface area contributed by atoms with Crippen LogP contribution in [0.15, 0.2) is 45.7 Å². The Bertz CT molecular complexity index is 924. The van der Waals surface area contributed by atoms with E-state index in [1.807, 2.05) is 12.1 Å². The molecule has 0 bridgehead atoms. The Morgan fingerprint density at radius 3 is 2.61 bits per heavy atom. The van der Waals surface area contributed by atoms with Crippen molar-refractivity contribution in [2.45, 2.75) is 6.54 Å². The van der Waals surface area contributed by atoms with E-state index in [9.17, 15) is 4.79 Å². The molecule has 3 rings (SSSR count). The highest BCUT2D eigenvalue weighted by atomic mass is 79.9. The van der Waals surface area contributed by atoms with Gasteiger partial charge in [0, 0.05) is 5.56 Å². The second-order valence-corrected chi connectivity index (χ2v) is 5.72. The van der Waals surface area contributed by atoms with Gasteiger partial charge in [-0.3, -0.25) is 4.79 Å². The van der Waals surface area contributed by atoms with Crippen molar-refractivity contribution in [2.75, 3.05) is 14.2 Å². The average molecular weight is 376 g/mol. The van der Waals surface area contributed by atoms with Crippen LogP contribution in [0.3, 0.4) is 0 Å². The first-order chi connectivity index (χ1) is 11.1. The van der Waals surface area contributed by atoms with Gasteiger partial charge in [-0.25, -0.2) is 4.68 Å². The molecule has 0 spiro atoms. The monoisotopic (exact) mass is 375 g/mol. The summed E-state index contributed by atoms with van der Waals surface area (Å²) >= 11 is 3.41. The van der Waals surface area contributed by atoms with Crippen LogP contribution >= 0.6 is 15.9 Å². The van der Waals surface area contributed by atoms with Crippen molar-refractivity contribution in [1.29, 1.82) is 0 Å². The van der Waals surface area contributed by atoms with E-state index in [1.165, 1.54) is 4.68 Å². The minimum absolute atomic E-state index is 0.195. The number of hydrogen-bond donors (Lipinski definition) is 0. The number of halogens is 1. The molecule has 0 N–H and O–H groups in total. The third kappa shape index (κ3) is 2.92. The molecule has 0 fully saturated rings. The van der Waals surface area contributed by atoms with Crippen molar-refractivity contribution in [3.8, 4) is 11.5 Å². The third-order valence-electron chi connectivity index (χ3n) is 3.50. The average Bonchev–Trinajstić information content (AvgIpc) is 2.58. The van der Waals surface area contributed by atoms with Crippen LogP contribution in [0.5, 0.6) is 11.5 Å². The molecule has 7 heteroatoms. The van der Waals surface area contributed by atoms with Crippen molar-refractivity contribution in [2.24, 2.45) is 0 Å². The molecule has 0 unspecified atom stereocenters. The summed E-state index contributed by atoms with van der Waals surface area (Å²) in [7, 11) is 3.16. The van der Waals surface area contributed by atoms with Gasteiger partial charge >= 0.3 is 0 Å². The molecule has 2 aromatic carbocycles. The predicted molar refractivity (Wildman–Crippen MR) is 90.1 cm³/mol. The fourth-order valence-corrected chi connectivity index (χ4v) is 2.82. The Balaban J connectivity index is 2.09. The molecular formula is C16H14BrN3O3. The SMILES string of the molecule is COc1cc(Cn2nnc3ccccc3c2=O)c(OC)cc1Br. The Labute approximate surface area is 140 Å². The van der Waals surface area contributed by atoms with Crippen LogP contribution in [-0.2, 0) is 6.54 Å². The highest BCUT2D eigenvalue weighted by Gasteiger charge is 2.12. The minimum atomic E-state index is -0.195. The first kappa shape index (κ1) is 15.5. The van der Waals surface area contributed by atoms with Crippen LogP contribution in [0.4, 0.5) is 0 Å². The van der Waals surface area contributed by atoms with E-state index in [0.29, 0.717) is 22.4 Å². The molecule has 6 nitrogen and oxygen atoms in total. The quantitative estimate of drug-likeness (QED) is 0.701. The summed E-state index contributed by atoms with van der Waals surface area (Å²) in [5, 5.41) is 8.62. The molecule has 0 aliphatic heterocycles. The lowest BCUT2D eigenvalue weighted by Gasteiger charge is -2.12. The fourth-order valence-electron chi connectivity index (χ4n) is 2.34. The molecule has 1 heterocycles. The van der Waals surface area contributed by atoms with Gasteiger partial charge < -0.3 is 9.47 Å². The second-order valence-electron chi connectivity index (χ2n) is 4.87. The zero-order valence-corrected chi connectivity index (χ0v) is 14.2. The van der Waals surface area contributed by atoms with E-state index in [-0.39, 0.29) is 12.1 Å². The van der Waals surface area contributed by atoms with Gasteiger partial charge in [0.1, 0.15) is 17.0 Å². The lowest BCUT2D eigenvalue weighted by Crippen LogP contribution is -2.25. The zero-order valence-electron chi connectivity index (χ0n) is 12.6. The largest absolute Gasteiger partial charge is 0.496 e. The van der Waals surface area contributed by atoms with Gasteiger partial charge in [0.2, 0.25) is 0 Å². The second kappa shape index (κ2) is 6.37. The van der Waals surface area contributed by atoms with Gasteiger partial charge in [0.05, 0.1) is 30.6 Å². The smallest absolute Gasteiger partial charge is 0.277 e. The normalized spacial score (nSPS) is 10.7. The first-order valence-corrected chi connectivity index (χ1v) is 7.66. The molecule has 0 atom stereocenters. The van der Waals surface area contributed by atoms with Crippen LogP contribution in [0.2, 0.25) is 0 Å². The number of fused-ring (bicyclic) bond motifs is 1. The maximum atomic E-state index is 12.5. The van der Waals surface area contributed by atoms with Gasteiger partial charge in [-0.1, -0.05) is 17.3 Å². The lowest BCUT2D eigenvalue weighted by atomic mass is 10.2. The molecular weight excluding hydrogens is 362 g/mol. The van der Waals surface area contributed by atoms with Crippen molar-refractivity contribution in [1.82, 2.24) is 15.0 Å². The van der Waals surface area contributed by atoms with Crippen LogP contribution in [0.1, 0.15) is 5.56 Å². The van der Waals surface area contributed by atoms with Crippen molar-refractivity contribution in [3.63, 3.8) is 0 Å². The van der Waals surface area contributed by atoms with E-state index in [0.717, 1.165) is 10.0 Å². The molecule has 23 heavy (non-hydrogen) atoms. The Morgan fingerprint density at radius 1 is 1.13 bits per heavy atom. The standard InChI is InChI=1S/C16H14BrN3O3/c1-22-14-8-12(17)15(23-2)7-10(14)9-20-16(21)11-5-3-4-6-13(11)18-19-20/h3-8H,9H2,1-2H3. The summed E-state index contributed by atoms with van der Waals surface area (Å²) in [6.07, 6.45) is 0. The fraction of sp³-hybridized carbons (Fsp3) is 0.188. The number of benzene rings is 2. The van der Waals surface area contributed by atoms with E-state index in [1.54, 1.807) is 38.5 Å². The topological polar surface area (TPSA) is 66.2 Å². The molecule has 0 saturated heterocycles. The van der Waals surface area contributed by atoms with Gasteiger partial charge in [-0.15, -0.1) is 5.10 Å². The maximum Gasteiger partial charge on any atom is 0.277 e. The Morgan fingerprint density at radius 2 is 1.87 bits per heavy atom. The Hall–Kier alpha value is -2.41. The van der Waals surface area contributed by atoms with Crippen LogP contribution < -0.4 is 15.0 Å². The number of rotatable bonds is 4. The highest BCUT2D eigenvalue weighted by molar-refractivity contribution is 9.10. The first-order valence-electron chi connectivity index (χ1n) is 6.87. The van der Waals surface area contributed by atoms with Gasteiger partial charge in [-0.05, 0) is 40.2 Å². The molecule has 1 aromatic heterocycles. The minimum Gasteiger partial charge on any atom is -0.496 e. The van der Waals surface area contributed by atoms with E-state index >= 15 is 0 Å². The van der Waals surface area contributed by atoms with Gasteiger partial charge in [0.15, 0.2) is 0 Å². The van der Waals surface area contributed by atoms with E-state index < -0.39 is 0 Å². The van der Waals surface area contributed by atoms with Crippen molar-refractivity contribution in [3.05, 3.63) is 56.8 Å². The number of ether oxygens (including phenoxy) is 2. The Kier molecular flexibility index (Phi) is 4.29. The highest BCUT2D eigenvalue weighted by Crippen LogP contribution is 2.32. The van der Waals surface area contributed by atoms with Crippen LogP contribution in [-0.4, -0.2) is 29.2 Å². The molecule has 3 aromatic rings. The molecule has 0 aliphatic carbocycles. The summed E-state index contributed by atoms with van der Waals surface area (Å²) in [5.41, 5.74) is 1.16. The van der Waals surface area contributed by atoms with Crippen molar-refractivity contribution < 1.29 is 9.47 Å². The van der Waals surface area contributed by atoms with Crippen LogP contribution in [0.25, 0.3) is 10.9 Å². The summed E-state index contributed by atoms with van der Waals surface area (Å²) in [5.74, 6) is 1.29. The zero-order chi connectivity index (χ0) is 16.4. The lowest BCUT2D eigenvalue weighted by molar-refractivity contribution is 0.394. The summed E-state index contributed by atoms with van der Waals surface area (Å²) in [6.45, 7) is 0.240. The van der Waals surface area contributed by atoms with Gasteiger partial charge in [0.25, 0.3) is 5.56 Å². The van der Waals surface area contributed by atoms with Crippen LogP contribution in [0, 0.1) is 0 Å². The summed E-state index contributed by atoms with van der Waals surface area (Å²) < 4.78 is 12.8. The molecule has 0 aliphatic rings. The number of methoxy groups -OCH3 is 2. The molecule has 0 saturated carbocycles. The molecule has 0 amide bonds. The maximum absolute atomic E-state index is 12.5. The molecule has 0 radical (unpaired) electrons. The van der Waals surface area contributed by atoms with Crippen molar-refractivity contribution >= 4 is 26.8 Å². The predicted octanol–water partition coefficient (Wildman–Crippen LogP) is 2.62. The van der Waals surface area contributed by atoms with E-state index in [4.69, 9.17) is 9.47 Å². The number of hydrogen-bond acceptors (Lipinski definition) is 5. The van der Waals surface area contributed by atoms with Gasteiger partial charge in [-0.2, -0.15) is 0 Å².